The molecule has 0 aliphatic rings. The lowest BCUT2D eigenvalue weighted by molar-refractivity contribution is -0.118. The van der Waals surface area contributed by atoms with E-state index in [9.17, 15) is 4.79 Å². The first-order valence-electron chi connectivity index (χ1n) is 6.23. The zero-order chi connectivity index (χ0) is 14.1. The molecule has 1 rings (SSSR count). The molecule has 0 unspecified atom stereocenters. The highest BCUT2D eigenvalue weighted by Gasteiger charge is 2.11. The Morgan fingerprint density at radius 3 is 2.95 bits per heavy atom. The molecule has 0 saturated heterocycles. The molecule has 19 heavy (non-hydrogen) atoms. The van der Waals surface area contributed by atoms with Crippen LogP contribution in [0.5, 0.6) is 0 Å². The number of amides is 1. The van der Waals surface area contributed by atoms with E-state index in [2.05, 4.69) is 15.5 Å². The topological polar surface area (TPSA) is 95.1 Å². The molecule has 0 bridgehead atoms. The first kappa shape index (κ1) is 15.9. The van der Waals surface area contributed by atoms with Gasteiger partial charge in [0.1, 0.15) is 5.82 Å². The Labute approximate surface area is 117 Å². The number of ether oxygens (including phenoxy) is 1. The van der Waals surface area contributed by atoms with E-state index in [-0.39, 0.29) is 5.91 Å². The molecule has 1 heterocycles. The van der Waals surface area contributed by atoms with Gasteiger partial charge in [0.15, 0.2) is 5.16 Å². The lowest BCUT2D eigenvalue weighted by Gasteiger charge is -2.06. The summed E-state index contributed by atoms with van der Waals surface area (Å²) in [5.41, 5.74) is 5.57. The Hall–Kier alpha value is -1.12. The number of aromatic nitrogens is 3. The van der Waals surface area contributed by atoms with Crippen molar-refractivity contribution in [3.05, 3.63) is 5.82 Å². The average Bonchev–Trinajstić information content (AvgIpc) is 2.83. The fourth-order valence-corrected chi connectivity index (χ4v) is 2.37. The molecule has 0 saturated carbocycles. The number of rotatable bonds is 9. The Bertz CT molecular complexity index is 396. The molecule has 0 atom stereocenters. The zero-order valence-electron chi connectivity index (χ0n) is 11.4. The second kappa shape index (κ2) is 8.89. The van der Waals surface area contributed by atoms with Crippen molar-refractivity contribution in [2.75, 3.05) is 26.0 Å². The predicted octanol–water partition coefficient (Wildman–Crippen LogP) is 0.00150. The molecule has 0 spiro atoms. The van der Waals surface area contributed by atoms with E-state index in [1.807, 2.05) is 11.5 Å². The van der Waals surface area contributed by atoms with Crippen LogP contribution in [-0.4, -0.2) is 46.7 Å². The maximum Gasteiger partial charge on any atom is 0.230 e. The van der Waals surface area contributed by atoms with Crippen molar-refractivity contribution in [2.24, 2.45) is 5.73 Å². The third-order valence-electron chi connectivity index (χ3n) is 2.47. The number of nitrogens with one attached hydrogen (secondary N) is 1. The maximum atomic E-state index is 11.6. The van der Waals surface area contributed by atoms with Crippen molar-refractivity contribution in [1.82, 2.24) is 20.1 Å². The number of thioether (sulfide) groups is 1. The van der Waals surface area contributed by atoms with Gasteiger partial charge in [-0.1, -0.05) is 11.8 Å². The highest BCUT2D eigenvalue weighted by Crippen LogP contribution is 2.16. The van der Waals surface area contributed by atoms with Crippen LogP contribution >= 0.6 is 11.8 Å². The highest BCUT2D eigenvalue weighted by molar-refractivity contribution is 7.99. The van der Waals surface area contributed by atoms with E-state index < -0.39 is 0 Å². The summed E-state index contributed by atoms with van der Waals surface area (Å²) in [6, 6.07) is 0. The summed E-state index contributed by atoms with van der Waals surface area (Å²) < 4.78 is 6.83. The molecule has 3 N–H and O–H groups in total. The molecule has 1 amide bonds. The third-order valence-corrected chi connectivity index (χ3v) is 3.44. The molecule has 7 nitrogen and oxygen atoms in total. The summed E-state index contributed by atoms with van der Waals surface area (Å²) in [4.78, 5) is 11.6. The number of hydrogen-bond donors (Lipinski definition) is 2. The number of methoxy groups -OCH3 is 1. The van der Waals surface area contributed by atoms with Crippen LogP contribution in [0.2, 0.25) is 0 Å². The van der Waals surface area contributed by atoms with Gasteiger partial charge in [-0.2, -0.15) is 0 Å². The van der Waals surface area contributed by atoms with Gasteiger partial charge in [-0.25, -0.2) is 0 Å². The third kappa shape index (κ3) is 5.17. The summed E-state index contributed by atoms with van der Waals surface area (Å²) in [6.07, 6.45) is 0.815. The first-order chi connectivity index (χ1) is 9.22. The zero-order valence-corrected chi connectivity index (χ0v) is 12.2. The molecule has 108 valence electrons. The summed E-state index contributed by atoms with van der Waals surface area (Å²) in [5.74, 6) is 1.06. The summed E-state index contributed by atoms with van der Waals surface area (Å²) in [7, 11) is 1.64. The van der Waals surface area contributed by atoms with Crippen LogP contribution in [0.15, 0.2) is 5.16 Å². The smallest absolute Gasteiger partial charge is 0.230 e. The van der Waals surface area contributed by atoms with Crippen LogP contribution in [0.3, 0.4) is 0 Å². The molecular formula is C11H21N5O2S. The van der Waals surface area contributed by atoms with Gasteiger partial charge in [-0.05, 0) is 13.3 Å². The van der Waals surface area contributed by atoms with Crippen LogP contribution in [0.25, 0.3) is 0 Å². The molecule has 8 heteroatoms. The molecule has 0 aromatic carbocycles. The minimum atomic E-state index is -0.0129. The maximum absolute atomic E-state index is 11.6. The van der Waals surface area contributed by atoms with Crippen molar-refractivity contribution in [1.29, 1.82) is 0 Å². The fraction of sp³-hybridized carbons (Fsp3) is 0.727. The van der Waals surface area contributed by atoms with Crippen molar-refractivity contribution in [3.63, 3.8) is 0 Å². The van der Waals surface area contributed by atoms with E-state index in [0.717, 1.165) is 23.9 Å². The standard InChI is InChI=1S/C11H21N5O2S/c1-3-16-9(7-12)14-15-11(16)19-8-10(17)13-5-4-6-18-2/h3-8,12H2,1-2H3,(H,13,17). The van der Waals surface area contributed by atoms with Crippen LogP contribution in [0, 0.1) is 0 Å². The van der Waals surface area contributed by atoms with Crippen molar-refractivity contribution >= 4 is 17.7 Å². The monoisotopic (exact) mass is 287 g/mol. The van der Waals surface area contributed by atoms with E-state index in [1.54, 1.807) is 7.11 Å². The summed E-state index contributed by atoms with van der Waals surface area (Å²) in [6.45, 7) is 4.37. The molecular weight excluding hydrogens is 266 g/mol. The number of carbonyl (C=O) groups is 1. The van der Waals surface area contributed by atoms with Crippen LogP contribution < -0.4 is 11.1 Å². The van der Waals surface area contributed by atoms with Gasteiger partial charge in [0.2, 0.25) is 5.91 Å². The van der Waals surface area contributed by atoms with Crippen LogP contribution in [0.4, 0.5) is 0 Å². The minimum Gasteiger partial charge on any atom is -0.385 e. The van der Waals surface area contributed by atoms with Gasteiger partial charge in [0.05, 0.1) is 12.3 Å². The molecule has 0 aliphatic heterocycles. The second-order valence-electron chi connectivity index (χ2n) is 3.83. The Kier molecular flexibility index (Phi) is 7.46. The quantitative estimate of drug-likeness (QED) is 0.490. The number of carbonyl (C=O) groups excluding carboxylic acids is 1. The number of nitrogens with zero attached hydrogens (tertiary/aromatic N) is 3. The summed E-state index contributed by atoms with van der Waals surface area (Å²) in [5, 5.41) is 11.6. The van der Waals surface area contributed by atoms with Gasteiger partial charge in [-0.3, -0.25) is 4.79 Å². The number of hydrogen-bond acceptors (Lipinski definition) is 6. The average molecular weight is 287 g/mol. The van der Waals surface area contributed by atoms with E-state index >= 15 is 0 Å². The van der Waals surface area contributed by atoms with Gasteiger partial charge in [0.25, 0.3) is 0 Å². The lowest BCUT2D eigenvalue weighted by Crippen LogP contribution is -2.27. The van der Waals surface area contributed by atoms with Gasteiger partial charge >= 0.3 is 0 Å². The molecule has 0 radical (unpaired) electrons. The Morgan fingerprint density at radius 2 is 2.32 bits per heavy atom. The van der Waals surface area contributed by atoms with E-state index in [0.29, 0.717) is 25.4 Å². The largest absolute Gasteiger partial charge is 0.385 e. The van der Waals surface area contributed by atoms with Gasteiger partial charge < -0.3 is 20.4 Å². The number of nitrogens with two attached hydrogens (primary N) is 1. The Morgan fingerprint density at radius 1 is 1.53 bits per heavy atom. The van der Waals surface area contributed by atoms with E-state index in [1.165, 1.54) is 11.8 Å². The molecule has 0 fully saturated rings. The van der Waals surface area contributed by atoms with Crippen molar-refractivity contribution in [2.45, 2.75) is 31.6 Å². The second-order valence-corrected chi connectivity index (χ2v) is 4.77. The minimum absolute atomic E-state index is 0.0129. The Balaban J connectivity index is 2.35. The SMILES string of the molecule is CCn1c(CN)nnc1SCC(=O)NCCCOC. The highest BCUT2D eigenvalue weighted by atomic mass is 32.2. The molecule has 0 aliphatic carbocycles. The lowest BCUT2D eigenvalue weighted by atomic mass is 10.4. The predicted molar refractivity (Wildman–Crippen MR) is 73.8 cm³/mol. The normalized spacial score (nSPS) is 10.7. The summed E-state index contributed by atoms with van der Waals surface area (Å²) >= 11 is 1.37. The van der Waals surface area contributed by atoms with Gasteiger partial charge in [-0.15, -0.1) is 10.2 Å². The van der Waals surface area contributed by atoms with Crippen molar-refractivity contribution in [3.8, 4) is 0 Å². The molecule has 1 aromatic rings. The van der Waals surface area contributed by atoms with Crippen LogP contribution in [-0.2, 0) is 22.6 Å². The van der Waals surface area contributed by atoms with Crippen LogP contribution in [0.1, 0.15) is 19.2 Å². The first-order valence-corrected chi connectivity index (χ1v) is 7.22. The fourth-order valence-electron chi connectivity index (χ4n) is 1.52. The molecule has 1 aromatic heterocycles. The van der Waals surface area contributed by atoms with E-state index in [4.69, 9.17) is 10.5 Å². The van der Waals surface area contributed by atoms with Crippen molar-refractivity contribution < 1.29 is 9.53 Å². The van der Waals surface area contributed by atoms with Gasteiger partial charge in [0, 0.05) is 26.8 Å².